The molecule has 0 saturated heterocycles. The molecule has 72 valence electrons. The zero-order valence-corrected chi connectivity index (χ0v) is 9.23. The number of aromatic nitrogens is 2. The normalized spacial score (nSPS) is 10.1. The fourth-order valence-electron chi connectivity index (χ4n) is 1.06. The monoisotopic (exact) mass is 252 g/mol. The number of hydrogen-bond acceptors (Lipinski definition) is 2. The average Bonchev–Trinajstić information content (AvgIpc) is 2.56. The van der Waals surface area contributed by atoms with E-state index in [2.05, 4.69) is 20.9 Å². The molecule has 2 aromatic rings. The molecule has 14 heavy (non-hydrogen) atoms. The lowest BCUT2D eigenvalue weighted by Gasteiger charge is -2.04. The van der Waals surface area contributed by atoms with Gasteiger partial charge in [0.05, 0.1) is 0 Å². The first-order valence-corrected chi connectivity index (χ1v) is 4.96. The van der Waals surface area contributed by atoms with Gasteiger partial charge in [-0.15, -0.1) is 0 Å². The van der Waals surface area contributed by atoms with Gasteiger partial charge in [0.25, 0.3) is 0 Å². The van der Waals surface area contributed by atoms with Crippen molar-refractivity contribution in [1.82, 2.24) is 9.55 Å². The lowest BCUT2D eigenvalue weighted by atomic mass is 10.3. The van der Waals surface area contributed by atoms with E-state index in [-0.39, 0.29) is 0 Å². The van der Waals surface area contributed by atoms with Gasteiger partial charge in [0, 0.05) is 23.9 Å². The molecule has 0 unspecified atom stereocenters. The summed E-state index contributed by atoms with van der Waals surface area (Å²) in [7, 11) is 1.89. The maximum Gasteiger partial charge on any atom is 0.301 e. The number of ether oxygens (including phenoxy) is 1. The molecule has 2 rings (SSSR count). The van der Waals surface area contributed by atoms with Crippen LogP contribution in [0.4, 0.5) is 0 Å². The predicted octanol–water partition coefficient (Wildman–Crippen LogP) is 2.97. The molecule has 0 aliphatic rings. The second-order valence-corrected chi connectivity index (χ2v) is 3.79. The molecule has 3 nitrogen and oxygen atoms in total. The molecule has 1 heterocycles. The van der Waals surface area contributed by atoms with Gasteiger partial charge in [0.1, 0.15) is 5.75 Å². The van der Waals surface area contributed by atoms with Crippen molar-refractivity contribution in [2.45, 2.75) is 0 Å². The summed E-state index contributed by atoms with van der Waals surface area (Å²) >= 11 is 3.36. The molecule has 0 fully saturated rings. The highest BCUT2D eigenvalue weighted by atomic mass is 79.9. The van der Waals surface area contributed by atoms with Crippen LogP contribution in [0.2, 0.25) is 0 Å². The lowest BCUT2D eigenvalue weighted by molar-refractivity contribution is 0.425. The standard InChI is InChI=1S/C10H9BrN2O/c1-13-7-6-12-10(13)14-9-4-2-8(11)3-5-9/h2-7H,1H3. The molecule has 0 N–H and O–H groups in total. The number of aryl methyl sites for hydroxylation is 1. The Morgan fingerprint density at radius 1 is 1.29 bits per heavy atom. The van der Waals surface area contributed by atoms with Crippen LogP contribution in [0.3, 0.4) is 0 Å². The van der Waals surface area contributed by atoms with Crippen LogP contribution in [0.1, 0.15) is 0 Å². The second kappa shape index (κ2) is 3.84. The third-order valence-corrected chi connectivity index (χ3v) is 2.33. The van der Waals surface area contributed by atoms with Gasteiger partial charge in [-0.25, -0.2) is 4.98 Å². The van der Waals surface area contributed by atoms with Crippen molar-refractivity contribution in [3.05, 3.63) is 41.1 Å². The van der Waals surface area contributed by atoms with Crippen molar-refractivity contribution in [2.75, 3.05) is 0 Å². The minimum Gasteiger partial charge on any atom is -0.426 e. The quantitative estimate of drug-likeness (QED) is 0.822. The highest BCUT2D eigenvalue weighted by Gasteiger charge is 2.01. The van der Waals surface area contributed by atoms with Crippen molar-refractivity contribution < 1.29 is 4.74 Å². The summed E-state index contributed by atoms with van der Waals surface area (Å²) in [4.78, 5) is 4.06. The van der Waals surface area contributed by atoms with Crippen LogP contribution in [0.5, 0.6) is 11.8 Å². The first-order valence-electron chi connectivity index (χ1n) is 4.16. The molecule has 0 amide bonds. The Morgan fingerprint density at radius 3 is 2.57 bits per heavy atom. The summed E-state index contributed by atoms with van der Waals surface area (Å²) in [5.41, 5.74) is 0. The highest BCUT2D eigenvalue weighted by Crippen LogP contribution is 2.21. The summed E-state index contributed by atoms with van der Waals surface area (Å²) in [6.07, 6.45) is 3.54. The third kappa shape index (κ3) is 1.96. The van der Waals surface area contributed by atoms with Gasteiger partial charge in [-0.3, -0.25) is 0 Å². The Labute approximate surface area is 90.5 Å². The third-order valence-electron chi connectivity index (χ3n) is 1.80. The van der Waals surface area contributed by atoms with Crippen molar-refractivity contribution >= 4 is 15.9 Å². The van der Waals surface area contributed by atoms with Crippen molar-refractivity contribution in [3.8, 4) is 11.8 Å². The minimum atomic E-state index is 0.590. The first kappa shape index (κ1) is 9.27. The van der Waals surface area contributed by atoms with Gasteiger partial charge in [0.15, 0.2) is 0 Å². The summed E-state index contributed by atoms with van der Waals surface area (Å²) in [6.45, 7) is 0. The highest BCUT2D eigenvalue weighted by molar-refractivity contribution is 9.10. The second-order valence-electron chi connectivity index (χ2n) is 2.88. The maximum absolute atomic E-state index is 5.54. The van der Waals surface area contributed by atoms with Gasteiger partial charge in [-0.05, 0) is 24.3 Å². The maximum atomic E-state index is 5.54. The van der Waals surface area contributed by atoms with Crippen LogP contribution in [-0.4, -0.2) is 9.55 Å². The SMILES string of the molecule is Cn1ccnc1Oc1ccc(Br)cc1. The van der Waals surface area contributed by atoms with Crippen LogP contribution in [0, 0.1) is 0 Å². The van der Waals surface area contributed by atoms with Gasteiger partial charge >= 0.3 is 6.01 Å². The molecule has 4 heteroatoms. The lowest BCUT2D eigenvalue weighted by Crippen LogP contribution is -1.92. The van der Waals surface area contributed by atoms with E-state index in [0.29, 0.717) is 6.01 Å². The molecule has 0 atom stereocenters. The zero-order chi connectivity index (χ0) is 9.97. The first-order chi connectivity index (χ1) is 6.75. The Bertz CT molecular complexity index is 422. The van der Waals surface area contributed by atoms with Crippen molar-refractivity contribution in [2.24, 2.45) is 7.05 Å². The molecular weight excluding hydrogens is 244 g/mol. The fourth-order valence-corrected chi connectivity index (χ4v) is 1.32. The van der Waals surface area contributed by atoms with Gasteiger partial charge < -0.3 is 9.30 Å². The van der Waals surface area contributed by atoms with E-state index in [1.807, 2.05) is 42.1 Å². The smallest absolute Gasteiger partial charge is 0.301 e. The van der Waals surface area contributed by atoms with E-state index in [1.54, 1.807) is 6.20 Å². The van der Waals surface area contributed by atoms with E-state index in [4.69, 9.17) is 4.74 Å². The molecule has 0 spiro atoms. The summed E-state index contributed by atoms with van der Waals surface area (Å²) < 4.78 is 8.39. The molecular formula is C10H9BrN2O. The molecule has 0 radical (unpaired) electrons. The van der Waals surface area contributed by atoms with Gasteiger partial charge in [0.2, 0.25) is 0 Å². The fraction of sp³-hybridized carbons (Fsp3) is 0.100. The largest absolute Gasteiger partial charge is 0.426 e. The molecule has 0 bridgehead atoms. The van der Waals surface area contributed by atoms with Gasteiger partial charge in [-0.2, -0.15) is 0 Å². The number of imidazole rings is 1. The number of halogens is 1. The van der Waals surface area contributed by atoms with E-state index < -0.39 is 0 Å². The molecule has 1 aromatic carbocycles. The topological polar surface area (TPSA) is 27.1 Å². The van der Waals surface area contributed by atoms with Crippen LogP contribution >= 0.6 is 15.9 Å². The van der Waals surface area contributed by atoms with Crippen molar-refractivity contribution in [3.63, 3.8) is 0 Å². The number of hydrogen-bond donors (Lipinski definition) is 0. The summed E-state index contributed by atoms with van der Waals surface area (Å²) in [5, 5.41) is 0. The van der Waals surface area contributed by atoms with Crippen LogP contribution in [0.15, 0.2) is 41.1 Å². The Morgan fingerprint density at radius 2 is 2.00 bits per heavy atom. The molecule has 0 saturated carbocycles. The Kier molecular flexibility index (Phi) is 2.54. The number of rotatable bonds is 2. The minimum absolute atomic E-state index is 0.590. The average molecular weight is 253 g/mol. The molecule has 1 aromatic heterocycles. The Hall–Kier alpha value is -1.29. The summed E-state index contributed by atoms with van der Waals surface area (Å²) in [5.74, 6) is 0.780. The van der Waals surface area contributed by atoms with Crippen LogP contribution in [-0.2, 0) is 7.05 Å². The molecule has 0 aliphatic carbocycles. The molecule has 0 aliphatic heterocycles. The van der Waals surface area contributed by atoms with Crippen LogP contribution < -0.4 is 4.74 Å². The zero-order valence-electron chi connectivity index (χ0n) is 7.64. The predicted molar refractivity (Wildman–Crippen MR) is 57.4 cm³/mol. The van der Waals surface area contributed by atoms with Crippen molar-refractivity contribution in [1.29, 1.82) is 0 Å². The van der Waals surface area contributed by atoms with E-state index in [0.717, 1.165) is 10.2 Å². The van der Waals surface area contributed by atoms with E-state index in [1.165, 1.54) is 0 Å². The number of nitrogens with zero attached hydrogens (tertiary/aromatic N) is 2. The summed E-state index contributed by atoms with van der Waals surface area (Å²) in [6, 6.07) is 8.22. The van der Waals surface area contributed by atoms with Crippen LogP contribution in [0.25, 0.3) is 0 Å². The van der Waals surface area contributed by atoms with E-state index >= 15 is 0 Å². The van der Waals surface area contributed by atoms with E-state index in [9.17, 15) is 0 Å². The van der Waals surface area contributed by atoms with Gasteiger partial charge in [-0.1, -0.05) is 15.9 Å². The Balaban J connectivity index is 2.19. The number of benzene rings is 1.